The van der Waals surface area contributed by atoms with Gasteiger partial charge in [-0.2, -0.15) is 0 Å². The van der Waals surface area contributed by atoms with Gasteiger partial charge in [-0.05, 0) is 40.6 Å². The van der Waals surface area contributed by atoms with Gasteiger partial charge in [0.05, 0.1) is 6.10 Å². The fourth-order valence-corrected chi connectivity index (χ4v) is 12.1. The first kappa shape index (κ1) is 18.7. The van der Waals surface area contributed by atoms with E-state index in [1.54, 1.807) is 0 Å². The molecule has 0 spiro atoms. The van der Waals surface area contributed by atoms with Crippen molar-refractivity contribution in [2.45, 2.75) is 96.4 Å². The van der Waals surface area contributed by atoms with Gasteiger partial charge in [0.1, 0.15) is 8.07 Å². The van der Waals surface area contributed by atoms with Gasteiger partial charge in [-0.1, -0.05) is 67.4 Å². The van der Waals surface area contributed by atoms with Crippen LogP contribution in [0.25, 0.3) is 0 Å². The van der Waals surface area contributed by atoms with Crippen LogP contribution in [0.4, 0.5) is 0 Å². The van der Waals surface area contributed by atoms with E-state index < -0.39 is 8.07 Å². The molecule has 0 aromatic heterocycles. The van der Waals surface area contributed by atoms with Crippen molar-refractivity contribution in [2.24, 2.45) is 5.92 Å². The minimum atomic E-state index is -1.81. The summed E-state index contributed by atoms with van der Waals surface area (Å²) in [5.41, 5.74) is 5.10. The summed E-state index contributed by atoms with van der Waals surface area (Å²) in [4.78, 5) is 0. The van der Waals surface area contributed by atoms with Crippen LogP contribution in [0.5, 0.6) is 0 Å². The Balaban J connectivity index is 3.22. The average molecular weight is 309 g/mol. The Bertz CT molecular complexity index is 349. The Morgan fingerprint density at radius 1 is 0.952 bits per heavy atom. The van der Waals surface area contributed by atoms with Crippen LogP contribution in [-0.2, 0) is 0 Å². The lowest BCUT2D eigenvalue weighted by Crippen LogP contribution is -2.51. The lowest BCUT2D eigenvalue weighted by atomic mass is 9.85. The molecule has 1 aliphatic rings. The van der Waals surface area contributed by atoms with Gasteiger partial charge in [0.2, 0.25) is 0 Å². The summed E-state index contributed by atoms with van der Waals surface area (Å²) >= 11 is 0. The predicted molar refractivity (Wildman–Crippen MR) is 96.3 cm³/mol. The zero-order valence-corrected chi connectivity index (χ0v) is 16.1. The van der Waals surface area contributed by atoms with Gasteiger partial charge in [-0.3, -0.25) is 0 Å². The van der Waals surface area contributed by atoms with Gasteiger partial charge in [0.25, 0.3) is 0 Å². The third kappa shape index (κ3) is 3.55. The SMILES string of the molecule is C=C=C(C(O)C1CCCCC1)[Si](C(C)C)(C(C)C)C(C)C. The second-order valence-electron chi connectivity index (χ2n) is 7.83. The van der Waals surface area contributed by atoms with Gasteiger partial charge in [-0.25, -0.2) is 0 Å². The van der Waals surface area contributed by atoms with E-state index in [0.717, 1.165) is 0 Å². The van der Waals surface area contributed by atoms with Crippen molar-refractivity contribution in [1.29, 1.82) is 0 Å². The van der Waals surface area contributed by atoms with Crippen molar-refractivity contribution in [1.82, 2.24) is 0 Å². The van der Waals surface area contributed by atoms with Crippen LogP contribution in [0.1, 0.15) is 73.6 Å². The highest BCUT2D eigenvalue weighted by molar-refractivity contribution is 6.90. The molecule has 2 heteroatoms. The summed E-state index contributed by atoms with van der Waals surface area (Å²) in [6.45, 7) is 18.1. The minimum absolute atomic E-state index is 0.304. The van der Waals surface area contributed by atoms with E-state index in [0.29, 0.717) is 22.5 Å². The maximum atomic E-state index is 11.1. The average Bonchev–Trinajstić information content (AvgIpc) is 2.43. The monoisotopic (exact) mass is 308 g/mol. The Hall–Kier alpha value is -0.303. The number of aliphatic hydroxyl groups is 1. The summed E-state index contributed by atoms with van der Waals surface area (Å²) in [6.07, 6.45) is 5.91. The maximum absolute atomic E-state index is 11.1. The third-order valence-electron chi connectivity index (χ3n) is 5.92. The molecule has 0 aromatic carbocycles. The Morgan fingerprint density at radius 2 is 1.38 bits per heavy atom. The van der Waals surface area contributed by atoms with E-state index >= 15 is 0 Å². The zero-order valence-electron chi connectivity index (χ0n) is 15.1. The number of hydrogen-bond donors (Lipinski definition) is 1. The smallest absolute Gasteiger partial charge is 0.102 e. The molecule has 0 radical (unpaired) electrons. The van der Waals surface area contributed by atoms with Gasteiger partial charge in [-0.15, -0.1) is 5.73 Å². The molecule has 0 bridgehead atoms. The van der Waals surface area contributed by atoms with Gasteiger partial charge < -0.3 is 5.11 Å². The number of rotatable bonds is 6. The van der Waals surface area contributed by atoms with E-state index in [1.807, 2.05) is 0 Å². The first-order chi connectivity index (χ1) is 9.79. The fourth-order valence-electron chi connectivity index (χ4n) is 5.13. The molecular formula is C19H36OSi. The second kappa shape index (κ2) is 7.81. The molecule has 1 unspecified atom stereocenters. The number of hydrogen-bond acceptors (Lipinski definition) is 1. The third-order valence-corrected chi connectivity index (χ3v) is 13.1. The fraction of sp³-hybridized carbons (Fsp3) is 0.842. The zero-order chi connectivity index (χ0) is 16.2. The lowest BCUT2D eigenvalue weighted by Gasteiger charge is -2.47. The highest BCUT2D eigenvalue weighted by atomic mass is 28.3. The molecule has 122 valence electrons. The van der Waals surface area contributed by atoms with Crippen molar-refractivity contribution in [2.75, 3.05) is 0 Å². The molecule has 0 aliphatic heterocycles. The first-order valence-corrected chi connectivity index (χ1v) is 11.1. The summed E-state index contributed by atoms with van der Waals surface area (Å²) in [6, 6.07) is 0. The van der Waals surface area contributed by atoms with Crippen molar-refractivity contribution >= 4 is 8.07 Å². The largest absolute Gasteiger partial charge is 0.388 e. The van der Waals surface area contributed by atoms with Crippen LogP contribution in [0, 0.1) is 5.92 Å². The van der Waals surface area contributed by atoms with Crippen molar-refractivity contribution < 1.29 is 5.11 Å². The van der Waals surface area contributed by atoms with Gasteiger partial charge in [0.15, 0.2) is 0 Å². The van der Waals surface area contributed by atoms with Gasteiger partial charge in [0, 0.05) is 0 Å². The maximum Gasteiger partial charge on any atom is 0.102 e. The van der Waals surface area contributed by atoms with Crippen LogP contribution in [0.15, 0.2) is 17.5 Å². The molecule has 0 amide bonds. The molecule has 1 rings (SSSR count). The van der Waals surface area contributed by atoms with Crippen LogP contribution in [0.2, 0.25) is 16.6 Å². The minimum Gasteiger partial charge on any atom is -0.388 e. The Labute approximate surface area is 133 Å². The Morgan fingerprint density at radius 3 is 1.71 bits per heavy atom. The molecule has 0 aromatic rings. The predicted octanol–water partition coefficient (Wildman–Crippen LogP) is 5.86. The van der Waals surface area contributed by atoms with Crippen LogP contribution in [-0.4, -0.2) is 19.3 Å². The summed E-state index contributed by atoms with van der Waals surface area (Å²) in [5, 5.41) is 12.3. The molecule has 1 N–H and O–H groups in total. The van der Waals surface area contributed by atoms with Crippen molar-refractivity contribution in [3.63, 3.8) is 0 Å². The van der Waals surface area contributed by atoms with E-state index in [4.69, 9.17) is 0 Å². The normalized spacial score (nSPS) is 19.1. The van der Waals surface area contributed by atoms with E-state index in [9.17, 15) is 5.11 Å². The Kier molecular flexibility index (Phi) is 6.97. The molecular weight excluding hydrogens is 272 g/mol. The molecule has 21 heavy (non-hydrogen) atoms. The van der Waals surface area contributed by atoms with Crippen LogP contribution >= 0.6 is 0 Å². The summed E-state index contributed by atoms with van der Waals surface area (Å²) in [5.74, 6) is 0.436. The van der Waals surface area contributed by atoms with Crippen molar-refractivity contribution in [3.8, 4) is 0 Å². The standard InChI is InChI=1S/C19H36OSi/c1-8-18(19(20)17-12-10-9-11-13-17)21(14(2)3,15(4)5)16(6)7/h14-17,19-20H,1,9-13H2,2-7H3. The molecule has 0 saturated heterocycles. The highest BCUT2D eigenvalue weighted by Gasteiger charge is 2.49. The number of aliphatic hydroxyl groups excluding tert-OH is 1. The molecule has 1 aliphatic carbocycles. The quantitative estimate of drug-likeness (QED) is 0.481. The topological polar surface area (TPSA) is 20.2 Å². The van der Waals surface area contributed by atoms with Crippen LogP contribution in [0.3, 0.4) is 0 Å². The van der Waals surface area contributed by atoms with Crippen LogP contribution < -0.4 is 0 Å². The van der Waals surface area contributed by atoms with Gasteiger partial charge >= 0.3 is 0 Å². The molecule has 0 heterocycles. The van der Waals surface area contributed by atoms with E-state index in [-0.39, 0.29) is 6.10 Å². The molecule has 1 atom stereocenters. The summed E-state index contributed by atoms with van der Waals surface area (Å²) < 4.78 is 0. The van der Waals surface area contributed by atoms with E-state index in [1.165, 1.54) is 37.3 Å². The second-order valence-corrected chi connectivity index (χ2v) is 13.7. The summed E-state index contributed by atoms with van der Waals surface area (Å²) in [7, 11) is -1.81. The van der Waals surface area contributed by atoms with Crippen molar-refractivity contribution in [3.05, 3.63) is 17.5 Å². The molecule has 1 nitrogen and oxygen atoms in total. The highest BCUT2D eigenvalue weighted by Crippen LogP contribution is 2.48. The molecule has 1 fully saturated rings. The molecule has 1 saturated carbocycles. The lowest BCUT2D eigenvalue weighted by molar-refractivity contribution is 0.119. The first-order valence-electron chi connectivity index (χ1n) is 8.88. The van der Waals surface area contributed by atoms with E-state index in [2.05, 4.69) is 53.9 Å².